The Labute approximate surface area is 120 Å². The summed E-state index contributed by atoms with van der Waals surface area (Å²) in [7, 11) is 0. The Morgan fingerprint density at radius 2 is 2.20 bits per heavy atom. The van der Waals surface area contributed by atoms with Crippen LogP contribution in [0, 0.1) is 10.1 Å². The fourth-order valence-corrected chi connectivity index (χ4v) is 2.51. The second kappa shape index (κ2) is 5.49. The molecule has 8 heteroatoms. The Kier molecular flexibility index (Phi) is 3.71. The van der Waals surface area contributed by atoms with E-state index in [1.807, 2.05) is 0 Å². The van der Waals surface area contributed by atoms with E-state index in [-0.39, 0.29) is 28.7 Å². The van der Waals surface area contributed by atoms with Crippen molar-refractivity contribution in [3.05, 3.63) is 21.1 Å². The Morgan fingerprint density at radius 3 is 2.80 bits per heavy atom. The van der Waals surface area contributed by atoms with Crippen molar-refractivity contribution in [2.75, 3.05) is 18.5 Å². The zero-order valence-corrected chi connectivity index (χ0v) is 11.6. The maximum atomic E-state index is 11.1. The van der Waals surface area contributed by atoms with Crippen molar-refractivity contribution in [1.29, 1.82) is 0 Å². The highest BCUT2D eigenvalue weighted by Crippen LogP contribution is 2.41. The summed E-state index contributed by atoms with van der Waals surface area (Å²) < 4.78 is 5.49. The first-order valence-corrected chi connectivity index (χ1v) is 7.10. The SMILES string of the molecule is O=[N+]([O-])c1c(Cl)nc(C2CC2)nc1NCC1CCCO1. The van der Waals surface area contributed by atoms with Gasteiger partial charge in [0.1, 0.15) is 5.82 Å². The van der Waals surface area contributed by atoms with Crippen molar-refractivity contribution in [3.63, 3.8) is 0 Å². The summed E-state index contributed by atoms with van der Waals surface area (Å²) >= 11 is 5.93. The number of rotatable bonds is 5. The van der Waals surface area contributed by atoms with Crippen LogP contribution in [0.15, 0.2) is 0 Å². The third kappa shape index (κ3) is 2.83. The van der Waals surface area contributed by atoms with Crippen LogP contribution in [0.5, 0.6) is 0 Å². The third-order valence-corrected chi connectivity index (χ3v) is 3.77. The number of aromatic nitrogens is 2. The topological polar surface area (TPSA) is 90.2 Å². The van der Waals surface area contributed by atoms with Crippen molar-refractivity contribution in [1.82, 2.24) is 9.97 Å². The molecule has 2 aliphatic rings. The van der Waals surface area contributed by atoms with Gasteiger partial charge in [-0.25, -0.2) is 9.97 Å². The quantitative estimate of drug-likeness (QED) is 0.510. The van der Waals surface area contributed by atoms with E-state index < -0.39 is 4.92 Å². The summed E-state index contributed by atoms with van der Waals surface area (Å²) in [5.74, 6) is 1.08. The molecule has 1 N–H and O–H groups in total. The molecule has 1 aliphatic carbocycles. The van der Waals surface area contributed by atoms with Crippen LogP contribution in [-0.4, -0.2) is 34.1 Å². The Morgan fingerprint density at radius 1 is 1.40 bits per heavy atom. The smallest absolute Gasteiger partial charge is 0.348 e. The number of hydrogen-bond donors (Lipinski definition) is 1. The Balaban J connectivity index is 1.82. The van der Waals surface area contributed by atoms with Gasteiger partial charge in [-0.3, -0.25) is 10.1 Å². The highest BCUT2D eigenvalue weighted by Gasteiger charge is 2.31. The molecular formula is C12H15ClN4O3. The number of anilines is 1. The molecule has 0 amide bonds. The van der Waals surface area contributed by atoms with Gasteiger partial charge in [0.05, 0.1) is 11.0 Å². The first-order valence-electron chi connectivity index (χ1n) is 6.72. The maximum absolute atomic E-state index is 11.1. The van der Waals surface area contributed by atoms with Crippen molar-refractivity contribution in [2.45, 2.75) is 37.7 Å². The molecule has 1 saturated heterocycles. The van der Waals surface area contributed by atoms with Gasteiger partial charge in [-0.2, -0.15) is 0 Å². The van der Waals surface area contributed by atoms with Gasteiger partial charge in [0.15, 0.2) is 0 Å². The summed E-state index contributed by atoms with van der Waals surface area (Å²) in [5.41, 5.74) is -0.255. The van der Waals surface area contributed by atoms with Gasteiger partial charge in [0.2, 0.25) is 11.0 Å². The molecule has 1 aromatic heterocycles. The zero-order valence-electron chi connectivity index (χ0n) is 10.8. The molecule has 0 radical (unpaired) electrons. The zero-order chi connectivity index (χ0) is 14.1. The minimum atomic E-state index is -0.545. The van der Waals surface area contributed by atoms with Gasteiger partial charge in [-0.15, -0.1) is 0 Å². The predicted octanol–water partition coefficient (Wildman–Crippen LogP) is 2.51. The van der Waals surface area contributed by atoms with E-state index >= 15 is 0 Å². The molecule has 1 aromatic rings. The van der Waals surface area contributed by atoms with E-state index in [2.05, 4.69) is 15.3 Å². The van der Waals surface area contributed by atoms with Crippen LogP contribution >= 0.6 is 11.6 Å². The molecule has 1 unspecified atom stereocenters. The van der Waals surface area contributed by atoms with Crippen LogP contribution in [0.25, 0.3) is 0 Å². The van der Waals surface area contributed by atoms with Crippen LogP contribution in [0.3, 0.4) is 0 Å². The number of hydrogen-bond acceptors (Lipinski definition) is 6. The fraction of sp³-hybridized carbons (Fsp3) is 0.667. The summed E-state index contributed by atoms with van der Waals surface area (Å²) in [6, 6.07) is 0. The van der Waals surface area contributed by atoms with E-state index in [1.54, 1.807) is 0 Å². The first kappa shape index (κ1) is 13.5. The minimum absolute atomic E-state index is 0.0766. The fourth-order valence-electron chi connectivity index (χ4n) is 2.27. The minimum Gasteiger partial charge on any atom is -0.376 e. The monoisotopic (exact) mass is 298 g/mol. The summed E-state index contributed by atoms with van der Waals surface area (Å²) in [6.45, 7) is 1.24. The molecule has 1 aliphatic heterocycles. The lowest BCUT2D eigenvalue weighted by Gasteiger charge is -2.12. The van der Waals surface area contributed by atoms with Crippen LogP contribution < -0.4 is 5.32 Å². The Bertz CT molecular complexity index is 530. The molecule has 0 aromatic carbocycles. The van der Waals surface area contributed by atoms with Gasteiger partial charge in [-0.05, 0) is 25.7 Å². The molecular weight excluding hydrogens is 284 g/mol. The van der Waals surface area contributed by atoms with Gasteiger partial charge in [-0.1, -0.05) is 11.6 Å². The van der Waals surface area contributed by atoms with E-state index in [9.17, 15) is 10.1 Å². The summed E-state index contributed by atoms with van der Waals surface area (Å²) in [6.07, 6.45) is 4.08. The average Bonchev–Trinajstić information content (AvgIpc) is 3.12. The second-order valence-electron chi connectivity index (χ2n) is 5.12. The molecule has 3 rings (SSSR count). The molecule has 2 heterocycles. The predicted molar refractivity (Wildman–Crippen MR) is 73.1 cm³/mol. The van der Waals surface area contributed by atoms with Crippen molar-refractivity contribution in [2.24, 2.45) is 0 Å². The van der Waals surface area contributed by atoms with E-state index in [0.29, 0.717) is 12.4 Å². The van der Waals surface area contributed by atoms with Gasteiger partial charge < -0.3 is 10.1 Å². The van der Waals surface area contributed by atoms with Crippen LogP contribution in [0.1, 0.15) is 37.4 Å². The number of nitro groups is 1. The molecule has 1 saturated carbocycles. The molecule has 0 bridgehead atoms. The average molecular weight is 299 g/mol. The summed E-state index contributed by atoms with van der Waals surface area (Å²) in [5, 5.41) is 14.0. The highest BCUT2D eigenvalue weighted by molar-refractivity contribution is 6.31. The molecule has 0 spiro atoms. The molecule has 1 atom stereocenters. The maximum Gasteiger partial charge on any atom is 0.348 e. The molecule has 2 fully saturated rings. The normalized spacial score (nSPS) is 21.9. The van der Waals surface area contributed by atoms with Crippen LogP contribution in [0.4, 0.5) is 11.5 Å². The second-order valence-corrected chi connectivity index (χ2v) is 5.48. The number of nitrogens with one attached hydrogen (secondary N) is 1. The van der Waals surface area contributed by atoms with Crippen molar-refractivity contribution < 1.29 is 9.66 Å². The summed E-state index contributed by atoms with van der Waals surface area (Å²) in [4.78, 5) is 18.9. The highest BCUT2D eigenvalue weighted by atomic mass is 35.5. The lowest BCUT2D eigenvalue weighted by Crippen LogP contribution is -2.20. The van der Waals surface area contributed by atoms with E-state index in [0.717, 1.165) is 32.3 Å². The van der Waals surface area contributed by atoms with Crippen molar-refractivity contribution in [3.8, 4) is 0 Å². The molecule has 7 nitrogen and oxygen atoms in total. The number of nitrogens with zero attached hydrogens (tertiary/aromatic N) is 3. The van der Waals surface area contributed by atoms with Gasteiger partial charge >= 0.3 is 5.69 Å². The number of ether oxygens (including phenoxy) is 1. The van der Waals surface area contributed by atoms with Gasteiger partial charge in [0.25, 0.3) is 0 Å². The van der Waals surface area contributed by atoms with E-state index in [4.69, 9.17) is 16.3 Å². The van der Waals surface area contributed by atoms with E-state index in [1.165, 1.54) is 0 Å². The molecule has 20 heavy (non-hydrogen) atoms. The Hall–Kier alpha value is -1.47. The first-order chi connectivity index (χ1) is 9.65. The number of halogens is 1. The standard InChI is InChI=1S/C12H15ClN4O3/c13-10-9(17(18)19)12(14-6-8-2-1-5-20-8)16-11(15-10)7-3-4-7/h7-8H,1-6H2,(H,14,15,16). The van der Waals surface area contributed by atoms with Crippen molar-refractivity contribution >= 4 is 23.1 Å². The largest absolute Gasteiger partial charge is 0.376 e. The van der Waals surface area contributed by atoms with Crippen LogP contribution in [-0.2, 0) is 4.74 Å². The van der Waals surface area contributed by atoms with Gasteiger partial charge in [0, 0.05) is 19.1 Å². The lowest BCUT2D eigenvalue weighted by atomic mass is 10.2. The third-order valence-electron chi connectivity index (χ3n) is 3.51. The lowest BCUT2D eigenvalue weighted by molar-refractivity contribution is -0.384. The molecule has 108 valence electrons. The van der Waals surface area contributed by atoms with Crippen LogP contribution in [0.2, 0.25) is 5.15 Å².